The summed E-state index contributed by atoms with van der Waals surface area (Å²) in [5.74, 6) is 0. The van der Waals surface area contributed by atoms with Crippen molar-refractivity contribution < 1.29 is 31.7 Å². The second kappa shape index (κ2) is 11.4. The lowest BCUT2D eigenvalue weighted by Crippen LogP contribution is -2.38. The van der Waals surface area contributed by atoms with Crippen LogP contribution in [-0.2, 0) is 28.6 Å². The van der Waals surface area contributed by atoms with Crippen LogP contribution in [0.4, 0.5) is 4.79 Å². The summed E-state index contributed by atoms with van der Waals surface area (Å²) in [5, 5.41) is 1.16. The lowest BCUT2D eigenvalue weighted by molar-refractivity contribution is -0.157. The van der Waals surface area contributed by atoms with Crippen LogP contribution in [0, 0.1) is 6.92 Å². The average Bonchev–Trinajstić information content (AvgIpc) is 2.58. The number of hydroxylamine groups is 2. The molecule has 9 heteroatoms. The lowest BCUT2D eigenvalue weighted by Gasteiger charge is -2.26. The number of carbonyl (C=O) groups is 1. The van der Waals surface area contributed by atoms with E-state index in [-0.39, 0.29) is 31.3 Å². The number of benzene rings is 1. The van der Waals surface area contributed by atoms with Gasteiger partial charge in [0, 0.05) is 0 Å². The molecule has 8 nitrogen and oxygen atoms in total. The molecular weight excluding hydrogens is 386 g/mol. The van der Waals surface area contributed by atoms with Crippen molar-refractivity contribution >= 4 is 16.2 Å². The van der Waals surface area contributed by atoms with Crippen LogP contribution >= 0.6 is 0 Å². The Balaban J connectivity index is 2.28. The van der Waals surface area contributed by atoms with Crippen LogP contribution in [-0.4, -0.2) is 58.1 Å². The first-order chi connectivity index (χ1) is 13.0. The monoisotopic (exact) mass is 417 g/mol. The van der Waals surface area contributed by atoms with E-state index in [2.05, 4.69) is 0 Å². The molecule has 0 atom stereocenters. The van der Waals surface area contributed by atoms with Gasteiger partial charge < -0.3 is 9.47 Å². The molecule has 1 rings (SSSR count). The molecule has 0 spiro atoms. The highest BCUT2D eigenvalue weighted by molar-refractivity contribution is 7.86. The highest BCUT2D eigenvalue weighted by Crippen LogP contribution is 2.13. The van der Waals surface area contributed by atoms with E-state index < -0.39 is 21.8 Å². The van der Waals surface area contributed by atoms with E-state index in [1.165, 1.54) is 12.1 Å². The maximum atomic E-state index is 12.0. The van der Waals surface area contributed by atoms with Gasteiger partial charge in [-0.25, -0.2) is 4.79 Å². The number of aryl methyl sites for hydroxylation is 1. The van der Waals surface area contributed by atoms with Crippen molar-refractivity contribution in [2.45, 2.75) is 51.5 Å². The second-order valence-electron chi connectivity index (χ2n) is 7.12. The minimum atomic E-state index is -3.80. The van der Waals surface area contributed by atoms with Gasteiger partial charge in [-0.05, 0) is 46.2 Å². The Bertz CT molecular complexity index is 696. The Hall–Kier alpha value is -1.68. The molecule has 0 heterocycles. The van der Waals surface area contributed by atoms with E-state index in [1.807, 2.05) is 13.8 Å². The van der Waals surface area contributed by atoms with Crippen molar-refractivity contribution in [1.29, 1.82) is 0 Å². The first-order valence-electron chi connectivity index (χ1n) is 9.22. The van der Waals surface area contributed by atoms with Crippen LogP contribution in [0.15, 0.2) is 29.2 Å². The van der Waals surface area contributed by atoms with Crippen molar-refractivity contribution in [2.75, 3.05) is 33.0 Å². The van der Waals surface area contributed by atoms with Crippen molar-refractivity contribution in [2.24, 2.45) is 0 Å². The topological polar surface area (TPSA) is 91.4 Å². The molecule has 0 aliphatic heterocycles. The summed E-state index contributed by atoms with van der Waals surface area (Å²) in [6, 6.07) is 6.41. The number of hydrogen-bond acceptors (Lipinski definition) is 7. The summed E-state index contributed by atoms with van der Waals surface area (Å²) < 4.78 is 39.5. The third kappa shape index (κ3) is 9.50. The zero-order valence-corrected chi connectivity index (χ0v) is 18.1. The number of amides is 1. The second-order valence-corrected chi connectivity index (χ2v) is 8.73. The fourth-order valence-corrected chi connectivity index (χ4v) is 2.90. The lowest BCUT2D eigenvalue weighted by atomic mass is 10.2. The molecule has 0 unspecified atom stereocenters. The molecule has 0 radical (unpaired) electrons. The Morgan fingerprint density at radius 2 is 1.64 bits per heavy atom. The van der Waals surface area contributed by atoms with Gasteiger partial charge in [-0.15, -0.1) is 0 Å². The summed E-state index contributed by atoms with van der Waals surface area (Å²) >= 11 is 0. The first kappa shape index (κ1) is 24.4. The van der Waals surface area contributed by atoms with E-state index in [1.54, 1.807) is 32.9 Å². The van der Waals surface area contributed by atoms with Gasteiger partial charge in [0.2, 0.25) is 0 Å². The summed E-state index contributed by atoms with van der Waals surface area (Å²) in [7, 11) is -3.80. The first-order valence-corrected chi connectivity index (χ1v) is 10.6. The van der Waals surface area contributed by atoms with Crippen LogP contribution in [0.25, 0.3) is 0 Å². The summed E-state index contributed by atoms with van der Waals surface area (Å²) in [4.78, 5) is 17.5. The average molecular weight is 418 g/mol. The fourth-order valence-electron chi connectivity index (χ4n) is 2.01. The predicted octanol–water partition coefficient (Wildman–Crippen LogP) is 3.30. The van der Waals surface area contributed by atoms with Crippen molar-refractivity contribution in [3.8, 4) is 0 Å². The summed E-state index contributed by atoms with van der Waals surface area (Å²) in [6.07, 6.45) is 0.159. The molecule has 0 fully saturated rings. The fraction of sp³-hybridized carbons (Fsp3) is 0.632. The number of hydrogen-bond donors (Lipinski definition) is 0. The van der Waals surface area contributed by atoms with E-state index in [0.717, 1.165) is 10.6 Å². The minimum Gasteiger partial charge on any atom is -0.442 e. The third-order valence-electron chi connectivity index (χ3n) is 3.27. The Morgan fingerprint density at radius 3 is 2.21 bits per heavy atom. The van der Waals surface area contributed by atoms with Crippen LogP contribution in [0.1, 0.15) is 39.7 Å². The maximum Gasteiger partial charge on any atom is 0.434 e. The van der Waals surface area contributed by atoms with Gasteiger partial charge in [0.05, 0.1) is 37.9 Å². The van der Waals surface area contributed by atoms with Gasteiger partial charge in [-0.2, -0.15) is 13.5 Å². The zero-order valence-electron chi connectivity index (χ0n) is 17.3. The summed E-state index contributed by atoms with van der Waals surface area (Å²) in [5.41, 5.74) is 0.356. The Labute approximate surface area is 167 Å². The van der Waals surface area contributed by atoms with Gasteiger partial charge in [0.15, 0.2) is 0 Å². The minimum absolute atomic E-state index is 0.0780. The molecule has 0 aliphatic rings. The normalized spacial score (nSPS) is 12.0. The number of ether oxygens (including phenoxy) is 2. The van der Waals surface area contributed by atoms with Crippen molar-refractivity contribution in [3.05, 3.63) is 29.8 Å². The molecule has 1 aromatic rings. The van der Waals surface area contributed by atoms with Gasteiger partial charge in [0.1, 0.15) is 5.60 Å². The van der Waals surface area contributed by atoms with Gasteiger partial charge in [0.25, 0.3) is 10.1 Å². The molecule has 0 saturated carbocycles. The molecule has 28 heavy (non-hydrogen) atoms. The zero-order chi connectivity index (χ0) is 21.2. The highest BCUT2D eigenvalue weighted by atomic mass is 32.2. The van der Waals surface area contributed by atoms with Gasteiger partial charge in [-0.3, -0.25) is 9.02 Å². The molecular formula is C19H31NO7S. The number of rotatable bonds is 11. The Kier molecular flexibility index (Phi) is 9.88. The molecule has 160 valence electrons. The standard InChI is InChI=1S/C19H31NO7S/c1-6-11-20(18(21)27-19(3,4)5)25-14-12-24-13-15-26-28(22,23)17-9-7-16(2)8-10-17/h7-10H,6,11-15H2,1-5H3. The molecule has 1 aromatic carbocycles. The number of nitrogens with zero attached hydrogens (tertiary/aromatic N) is 1. The molecule has 0 saturated heterocycles. The van der Waals surface area contributed by atoms with Crippen LogP contribution < -0.4 is 0 Å². The molecule has 0 N–H and O–H groups in total. The third-order valence-corrected chi connectivity index (χ3v) is 4.60. The van der Waals surface area contributed by atoms with E-state index in [9.17, 15) is 13.2 Å². The molecule has 0 bridgehead atoms. The van der Waals surface area contributed by atoms with Crippen molar-refractivity contribution in [3.63, 3.8) is 0 Å². The van der Waals surface area contributed by atoms with Crippen LogP contribution in [0.5, 0.6) is 0 Å². The van der Waals surface area contributed by atoms with E-state index in [0.29, 0.717) is 13.0 Å². The quantitative estimate of drug-likeness (QED) is 0.310. The molecule has 0 aromatic heterocycles. The molecule has 1 amide bonds. The van der Waals surface area contributed by atoms with Gasteiger partial charge in [-0.1, -0.05) is 24.6 Å². The Morgan fingerprint density at radius 1 is 1.04 bits per heavy atom. The van der Waals surface area contributed by atoms with Crippen molar-refractivity contribution in [1.82, 2.24) is 5.06 Å². The largest absolute Gasteiger partial charge is 0.442 e. The van der Waals surface area contributed by atoms with Crippen LogP contribution in [0.2, 0.25) is 0 Å². The van der Waals surface area contributed by atoms with E-state index in [4.69, 9.17) is 18.5 Å². The molecule has 0 aliphatic carbocycles. The van der Waals surface area contributed by atoms with E-state index >= 15 is 0 Å². The smallest absolute Gasteiger partial charge is 0.434 e. The SMILES string of the molecule is CCCN(OCCOCCOS(=O)(=O)c1ccc(C)cc1)C(=O)OC(C)(C)C. The number of carbonyl (C=O) groups excluding carboxylic acids is 1. The predicted molar refractivity (Wildman–Crippen MR) is 104 cm³/mol. The maximum absolute atomic E-state index is 12.0. The summed E-state index contributed by atoms with van der Waals surface area (Å²) in [6.45, 7) is 9.80. The van der Waals surface area contributed by atoms with Crippen LogP contribution in [0.3, 0.4) is 0 Å². The highest BCUT2D eigenvalue weighted by Gasteiger charge is 2.22. The van der Waals surface area contributed by atoms with Gasteiger partial charge >= 0.3 is 6.09 Å².